The molecule has 0 bridgehead atoms. The molecule has 0 spiro atoms. The van der Waals surface area contributed by atoms with Crippen LogP contribution in [0.2, 0.25) is 0 Å². The molecule has 2 rings (SSSR count). The van der Waals surface area contributed by atoms with E-state index in [0.29, 0.717) is 23.2 Å². The standard InChI is InChI=1S/C17H17F3N2O3/c1-4-12-13(16(24)25-3)9(2)14(22-12)15(23)21-11-7-5-10(6-8-11)17(18,19)20/h5-8,22H,4H2,1-3H3,(H,21,23). The van der Waals surface area contributed by atoms with E-state index < -0.39 is 23.6 Å². The number of carbonyl (C=O) groups is 2. The van der Waals surface area contributed by atoms with Crippen LogP contribution < -0.4 is 5.32 Å². The molecule has 1 amide bonds. The maximum absolute atomic E-state index is 12.6. The number of esters is 1. The van der Waals surface area contributed by atoms with Gasteiger partial charge in [0.1, 0.15) is 5.69 Å². The number of hydrogen-bond acceptors (Lipinski definition) is 3. The van der Waals surface area contributed by atoms with E-state index in [9.17, 15) is 22.8 Å². The summed E-state index contributed by atoms with van der Waals surface area (Å²) in [6.07, 6.45) is -3.96. The molecule has 8 heteroatoms. The van der Waals surface area contributed by atoms with Gasteiger partial charge in [-0.25, -0.2) is 4.79 Å². The fourth-order valence-corrected chi connectivity index (χ4v) is 2.47. The van der Waals surface area contributed by atoms with Crippen molar-refractivity contribution in [2.45, 2.75) is 26.4 Å². The van der Waals surface area contributed by atoms with Gasteiger partial charge >= 0.3 is 12.1 Å². The van der Waals surface area contributed by atoms with Gasteiger partial charge in [0.2, 0.25) is 0 Å². The van der Waals surface area contributed by atoms with Gasteiger partial charge in [-0.2, -0.15) is 13.2 Å². The molecule has 5 nitrogen and oxygen atoms in total. The molecule has 0 unspecified atom stereocenters. The highest BCUT2D eigenvalue weighted by molar-refractivity contribution is 6.06. The molecular formula is C17H17F3N2O3. The number of methoxy groups -OCH3 is 1. The fraction of sp³-hybridized carbons (Fsp3) is 0.294. The van der Waals surface area contributed by atoms with Crippen molar-refractivity contribution >= 4 is 17.6 Å². The van der Waals surface area contributed by atoms with Gasteiger partial charge < -0.3 is 15.0 Å². The molecule has 2 aromatic rings. The highest BCUT2D eigenvalue weighted by Gasteiger charge is 2.30. The summed E-state index contributed by atoms with van der Waals surface area (Å²) in [4.78, 5) is 27.1. The lowest BCUT2D eigenvalue weighted by atomic mass is 10.1. The second kappa shape index (κ2) is 7.00. The van der Waals surface area contributed by atoms with Gasteiger partial charge in [-0.05, 0) is 43.2 Å². The molecule has 0 saturated heterocycles. The van der Waals surface area contributed by atoms with E-state index in [-0.39, 0.29) is 11.4 Å². The van der Waals surface area contributed by atoms with Crippen molar-refractivity contribution in [3.63, 3.8) is 0 Å². The molecule has 0 aliphatic heterocycles. The minimum absolute atomic E-state index is 0.164. The average molecular weight is 354 g/mol. The average Bonchev–Trinajstić information content (AvgIpc) is 2.90. The molecule has 2 N–H and O–H groups in total. The first-order valence-corrected chi connectivity index (χ1v) is 7.47. The van der Waals surface area contributed by atoms with Crippen LogP contribution in [0.4, 0.5) is 18.9 Å². The van der Waals surface area contributed by atoms with E-state index in [1.807, 2.05) is 6.92 Å². The first kappa shape index (κ1) is 18.6. The lowest BCUT2D eigenvalue weighted by Gasteiger charge is -2.08. The predicted octanol–water partition coefficient (Wildman–Crippen LogP) is 3.94. The number of hydrogen-bond donors (Lipinski definition) is 2. The Balaban J connectivity index is 2.27. The van der Waals surface area contributed by atoms with Crippen LogP contribution in [0.5, 0.6) is 0 Å². The monoisotopic (exact) mass is 354 g/mol. The number of anilines is 1. The van der Waals surface area contributed by atoms with E-state index in [1.165, 1.54) is 19.2 Å². The predicted molar refractivity (Wildman–Crippen MR) is 85.6 cm³/mol. The number of rotatable bonds is 4. The van der Waals surface area contributed by atoms with Crippen LogP contribution in [0.25, 0.3) is 0 Å². The van der Waals surface area contributed by atoms with Crippen LogP contribution in [0.1, 0.15) is 44.6 Å². The largest absolute Gasteiger partial charge is 0.465 e. The van der Waals surface area contributed by atoms with Crippen LogP contribution in [-0.4, -0.2) is 24.0 Å². The van der Waals surface area contributed by atoms with E-state index in [4.69, 9.17) is 4.74 Å². The Kier molecular flexibility index (Phi) is 5.20. The Bertz CT molecular complexity index is 793. The third-order valence-corrected chi connectivity index (χ3v) is 3.77. The van der Waals surface area contributed by atoms with Crippen LogP contribution in [-0.2, 0) is 17.3 Å². The summed E-state index contributed by atoms with van der Waals surface area (Å²) in [6.45, 7) is 3.42. The number of alkyl halides is 3. The lowest BCUT2D eigenvalue weighted by Crippen LogP contribution is -2.14. The van der Waals surface area contributed by atoms with Crippen molar-refractivity contribution in [2.24, 2.45) is 0 Å². The van der Waals surface area contributed by atoms with E-state index in [1.54, 1.807) is 6.92 Å². The second-order valence-electron chi connectivity index (χ2n) is 5.35. The van der Waals surface area contributed by atoms with Gasteiger partial charge in [0.25, 0.3) is 5.91 Å². The molecule has 0 radical (unpaired) electrons. The molecule has 0 fully saturated rings. The van der Waals surface area contributed by atoms with Crippen LogP contribution in [0, 0.1) is 6.92 Å². The van der Waals surface area contributed by atoms with Gasteiger partial charge in [0.05, 0.1) is 18.2 Å². The van der Waals surface area contributed by atoms with Gasteiger partial charge in [-0.3, -0.25) is 4.79 Å². The number of ether oxygens (including phenoxy) is 1. The van der Waals surface area contributed by atoms with E-state index in [0.717, 1.165) is 12.1 Å². The zero-order valence-electron chi connectivity index (χ0n) is 13.9. The summed E-state index contributed by atoms with van der Waals surface area (Å²) in [5, 5.41) is 2.51. The molecular weight excluding hydrogens is 337 g/mol. The summed E-state index contributed by atoms with van der Waals surface area (Å²) in [7, 11) is 1.25. The van der Waals surface area contributed by atoms with E-state index >= 15 is 0 Å². The Hall–Kier alpha value is -2.77. The molecule has 0 saturated carbocycles. The number of aromatic nitrogens is 1. The van der Waals surface area contributed by atoms with Gasteiger partial charge in [0.15, 0.2) is 0 Å². The van der Waals surface area contributed by atoms with Crippen molar-refractivity contribution in [3.05, 3.63) is 52.3 Å². The zero-order chi connectivity index (χ0) is 18.8. The lowest BCUT2D eigenvalue weighted by molar-refractivity contribution is -0.137. The molecule has 0 atom stereocenters. The smallest absolute Gasteiger partial charge is 0.416 e. The third kappa shape index (κ3) is 3.84. The summed E-state index contributed by atoms with van der Waals surface area (Å²) in [5.74, 6) is -1.11. The quantitative estimate of drug-likeness (QED) is 0.817. The van der Waals surface area contributed by atoms with Crippen molar-refractivity contribution in [1.82, 2.24) is 4.98 Å². The summed E-state index contributed by atoms with van der Waals surface area (Å²) >= 11 is 0. The molecule has 25 heavy (non-hydrogen) atoms. The first-order chi connectivity index (χ1) is 11.7. The van der Waals surface area contributed by atoms with Gasteiger partial charge in [0, 0.05) is 11.4 Å². The molecule has 1 heterocycles. The minimum atomic E-state index is -4.44. The maximum Gasteiger partial charge on any atom is 0.416 e. The molecule has 0 aliphatic carbocycles. The van der Waals surface area contributed by atoms with Crippen molar-refractivity contribution in [3.8, 4) is 0 Å². The number of nitrogens with one attached hydrogen (secondary N) is 2. The Morgan fingerprint density at radius 2 is 1.80 bits per heavy atom. The first-order valence-electron chi connectivity index (χ1n) is 7.47. The Labute approximate surface area is 142 Å². The topological polar surface area (TPSA) is 71.2 Å². The molecule has 1 aromatic carbocycles. The van der Waals surface area contributed by atoms with Gasteiger partial charge in [-0.15, -0.1) is 0 Å². The number of amides is 1. The molecule has 1 aromatic heterocycles. The van der Waals surface area contributed by atoms with Crippen LogP contribution in [0.15, 0.2) is 24.3 Å². The summed E-state index contributed by atoms with van der Waals surface area (Å²) < 4.78 is 42.4. The van der Waals surface area contributed by atoms with E-state index in [2.05, 4.69) is 10.3 Å². The van der Waals surface area contributed by atoms with Crippen molar-refractivity contribution in [2.75, 3.05) is 12.4 Å². The van der Waals surface area contributed by atoms with Crippen molar-refractivity contribution < 1.29 is 27.5 Å². The summed E-state index contributed by atoms with van der Waals surface area (Å²) in [6, 6.07) is 4.10. The molecule has 134 valence electrons. The highest BCUT2D eigenvalue weighted by Crippen LogP contribution is 2.30. The normalized spacial score (nSPS) is 11.3. The van der Waals surface area contributed by atoms with Gasteiger partial charge in [-0.1, -0.05) is 6.92 Å². The van der Waals surface area contributed by atoms with Crippen LogP contribution >= 0.6 is 0 Å². The number of H-pyrrole nitrogens is 1. The SMILES string of the molecule is CCc1[nH]c(C(=O)Nc2ccc(C(F)(F)F)cc2)c(C)c1C(=O)OC. The molecule has 0 aliphatic rings. The third-order valence-electron chi connectivity index (χ3n) is 3.77. The Morgan fingerprint density at radius 1 is 1.20 bits per heavy atom. The van der Waals surface area contributed by atoms with Crippen LogP contribution in [0.3, 0.4) is 0 Å². The number of aromatic amines is 1. The summed E-state index contributed by atoms with van der Waals surface area (Å²) in [5.41, 5.74) is 0.849. The number of halogens is 3. The fourth-order valence-electron chi connectivity index (χ4n) is 2.47. The second-order valence-corrected chi connectivity index (χ2v) is 5.35. The zero-order valence-corrected chi connectivity index (χ0v) is 13.9. The number of benzene rings is 1. The minimum Gasteiger partial charge on any atom is -0.465 e. The maximum atomic E-state index is 12.6. The van der Waals surface area contributed by atoms with Crippen molar-refractivity contribution in [1.29, 1.82) is 0 Å². The highest BCUT2D eigenvalue weighted by atomic mass is 19.4. The number of aryl methyl sites for hydroxylation is 1. The Morgan fingerprint density at radius 3 is 2.28 bits per heavy atom. The number of carbonyl (C=O) groups excluding carboxylic acids is 2.